The van der Waals surface area contributed by atoms with Crippen molar-refractivity contribution in [1.29, 1.82) is 0 Å². The van der Waals surface area contributed by atoms with Crippen molar-refractivity contribution >= 4 is 23.0 Å². The fourth-order valence-electron chi connectivity index (χ4n) is 2.46. The van der Waals surface area contributed by atoms with Crippen molar-refractivity contribution in [1.82, 2.24) is 15.0 Å². The molecule has 1 N–H and O–H groups in total. The lowest BCUT2D eigenvalue weighted by Crippen LogP contribution is -1.99. The van der Waals surface area contributed by atoms with Crippen molar-refractivity contribution < 1.29 is 14.2 Å². The highest BCUT2D eigenvalue weighted by Gasteiger charge is 2.12. The lowest BCUT2D eigenvalue weighted by Gasteiger charge is -2.10. The van der Waals surface area contributed by atoms with Crippen LogP contribution in [0, 0.1) is 6.92 Å². The summed E-state index contributed by atoms with van der Waals surface area (Å²) in [5, 5.41) is 4.12. The molecule has 1 aromatic carbocycles. The van der Waals surface area contributed by atoms with E-state index < -0.39 is 0 Å². The number of hydrogen-bond acceptors (Lipinski definition) is 8. The second-order valence-corrected chi connectivity index (χ2v) is 6.50. The van der Waals surface area contributed by atoms with Gasteiger partial charge in [-0.15, -0.1) is 11.3 Å². The number of thiazole rings is 1. The fraction of sp³-hybridized carbons (Fsp3) is 0.278. The van der Waals surface area contributed by atoms with E-state index in [1.807, 2.05) is 31.2 Å². The molecule has 7 nitrogen and oxygen atoms in total. The van der Waals surface area contributed by atoms with Gasteiger partial charge in [0.25, 0.3) is 0 Å². The molecule has 0 aliphatic carbocycles. The second-order valence-electron chi connectivity index (χ2n) is 5.42. The summed E-state index contributed by atoms with van der Waals surface area (Å²) in [6.07, 6.45) is 1.72. The van der Waals surface area contributed by atoms with Crippen LogP contribution in [-0.4, -0.2) is 36.3 Å². The molecule has 0 unspecified atom stereocenters. The van der Waals surface area contributed by atoms with E-state index in [1.54, 1.807) is 38.9 Å². The Morgan fingerprint density at radius 2 is 1.85 bits per heavy atom. The number of hydrogen-bond donors (Lipinski definition) is 1. The normalized spacial score (nSPS) is 10.6. The molecule has 136 valence electrons. The van der Waals surface area contributed by atoms with E-state index in [0.29, 0.717) is 24.1 Å². The van der Waals surface area contributed by atoms with Gasteiger partial charge in [0.15, 0.2) is 11.5 Å². The molecule has 0 fully saturated rings. The van der Waals surface area contributed by atoms with E-state index in [9.17, 15) is 0 Å². The van der Waals surface area contributed by atoms with Gasteiger partial charge in [0.05, 0.1) is 37.1 Å². The number of benzene rings is 1. The van der Waals surface area contributed by atoms with E-state index in [4.69, 9.17) is 14.2 Å². The molecule has 0 bridgehead atoms. The predicted octanol–water partition coefficient (Wildman–Crippen LogP) is 3.82. The minimum Gasteiger partial charge on any atom is -0.493 e. The SMILES string of the molecule is COCc1nc(C)c(-c2ccnc(Nc3ccc(OC)c(OC)c3)n2)s1. The molecule has 0 amide bonds. The molecule has 0 aliphatic heterocycles. The first-order chi connectivity index (χ1) is 12.6. The van der Waals surface area contributed by atoms with E-state index in [-0.39, 0.29) is 0 Å². The first kappa shape index (κ1) is 18.1. The van der Waals surface area contributed by atoms with Crippen molar-refractivity contribution in [2.75, 3.05) is 26.6 Å². The second kappa shape index (κ2) is 8.11. The predicted molar refractivity (Wildman–Crippen MR) is 101 cm³/mol. The van der Waals surface area contributed by atoms with Gasteiger partial charge in [0.2, 0.25) is 5.95 Å². The molecule has 2 aromatic heterocycles. The minimum absolute atomic E-state index is 0.493. The number of methoxy groups -OCH3 is 3. The third-order valence-corrected chi connectivity index (χ3v) is 4.79. The summed E-state index contributed by atoms with van der Waals surface area (Å²) in [6, 6.07) is 7.42. The molecule has 0 radical (unpaired) electrons. The Labute approximate surface area is 156 Å². The highest BCUT2D eigenvalue weighted by atomic mass is 32.1. The highest BCUT2D eigenvalue weighted by molar-refractivity contribution is 7.15. The Hall–Kier alpha value is -2.71. The van der Waals surface area contributed by atoms with E-state index >= 15 is 0 Å². The Morgan fingerprint density at radius 1 is 1.04 bits per heavy atom. The Morgan fingerprint density at radius 3 is 2.58 bits per heavy atom. The zero-order chi connectivity index (χ0) is 18.5. The van der Waals surface area contributed by atoms with Crippen LogP contribution in [0.15, 0.2) is 30.5 Å². The molecule has 0 aliphatic rings. The Balaban J connectivity index is 1.86. The van der Waals surface area contributed by atoms with Crippen molar-refractivity contribution in [3.8, 4) is 22.1 Å². The number of ether oxygens (including phenoxy) is 3. The maximum Gasteiger partial charge on any atom is 0.227 e. The molecule has 8 heteroatoms. The molecule has 0 saturated heterocycles. The van der Waals surface area contributed by atoms with E-state index in [2.05, 4.69) is 20.3 Å². The zero-order valence-electron chi connectivity index (χ0n) is 15.1. The first-order valence-electron chi connectivity index (χ1n) is 7.92. The molecule has 3 aromatic rings. The molecule has 26 heavy (non-hydrogen) atoms. The summed E-state index contributed by atoms with van der Waals surface area (Å²) < 4.78 is 15.7. The topological polar surface area (TPSA) is 78.4 Å². The average molecular weight is 372 g/mol. The monoisotopic (exact) mass is 372 g/mol. The number of anilines is 2. The van der Waals surface area contributed by atoms with Gasteiger partial charge < -0.3 is 19.5 Å². The summed E-state index contributed by atoms with van der Waals surface area (Å²) in [5.74, 6) is 1.80. The van der Waals surface area contributed by atoms with Crippen LogP contribution in [0.5, 0.6) is 11.5 Å². The van der Waals surface area contributed by atoms with Gasteiger partial charge in [0, 0.05) is 25.1 Å². The van der Waals surface area contributed by atoms with Crippen LogP contribution in [0.4, 0.5) is 11.6 Å². The molecule has 2 heterocycles. The quantitative estimate of drug-likeness (QED) is 0.675. The Kier molecular flexibility index (Phi) is 5.65. The van der Waals surface area contributed by atoms with Gasteiger partial charge in [-0.1, -0.05) is 0 Å². The number of nitrogens with zero attached hydrogens (tertiary/aromatic N) is 3. The number of nitrogens with one attached hydrogen (secondary N) is 1. The summed E-state index contributed by atoms with van der Waals surface area (Å²) in [6.45, 7) is 2.46. The molecule has 3 rings (SSSR count). The number of aromatic nitrogens is 3. The maximum absolute atomic E-state index is 5.32. The standard InChI is InChI=1S/C18H20N4O3S/c1-11-17(26-16(20-11)10-23-2)13-7-8-19-18(22-13)21-12-5-6-14(24-3)15(9-12)25-4/h5-9H,10H2,1-4H3,(H,19,21,22). The minimum atomic E-state index is 0.493. The molecule has 0 atom stereocenters. The summed E-state index contributed by atoms with van der Waals surface area (Å²) in [7, 11) is 4.86. The van der Waals surface area contributed by atoms with Crippen molar-refractivity contribution in [2.24, 2.45) is 0 Å². The number of aryl methyl sites for hydroxylation is 1. The smallest absolute Gasteiger partial charge is 0.227 e. The molecule has 0 spiro atoms. The van der Waals surface area contributed by atoms with Gasteiger partial charge in [-0.25, -0.2) is 15.0 Å². The van der Waals surface area contributed by atoms with Gasteiger partial charge in [-0.3, -0.25) is 0 Å². The maximum atomic E-state index is 5.32. The van der Waals surface area contributed by atoms with Crippen molar-refractivity contribution in [2.45, 2.75) is 13.5 Å². The summed E-state index contributed by atoms with van der Waals surface area (Å²) >= 11 is 1.57. The van der Waals surface area contributed by atoms with Crippen LogP contribution in [0.3, 0.4) is 0 Å². The lowest BCUT2D eigenvalue weighted by molar-refractivity contribution is 0.184. The zero-order valence-corrected chi connectivity index (χ0v) is 15.9. The highest BCUT2D eigenvalue weighted by Crippen LogP contribution is 2.32. The summed E-state index contributed by atoms with van der Waals surface area (Å²) in [5.41, 5.74) is 2.55. The van der Waals surface area contributed by atoms with Crippen LogP contribution in [0.1, 0.15) is 10.7 Å². The molecule has 0 saturated carbocycles. The van der Waals surface area contributed by atoms with Gasteiger partial charge >= 0.3 is 0 Å². The largest absolute Gasteiger partial charge is 0.493 e. The van der Waals surface area contributed by atoms with E-state index in [0.717, 1.165) is 27.0 Å². The molecular weight excluding hydrogens is 352 g/mol. The van der Waals surface area contributed by atoms with Gasteiger partial charge in [-0.2, -0.15) is 0 Å². The van der Waals surface area contributed by atoms with Crippen LogP contribution >= 0.6 is 11.3 Å². The van der Waals surface area contributed by atoms with Crippen LogP contribution < -0.4 is 14.8 Å². The average Bonchev–Trinajstić information content (AvgIpc) is 3.02. The van der Waals surface area contributed by atoms with Crippen LogP contribution in [0.25, 0.3) is 10.6 Å². The third kappa shape index (κ3) is 3.92. The Bertz CT molecular complexity index is 898. The summed E-state index contributed by atoms with van der Waals surface area (Å²) in [4.78, 5) is 14.4. The van der Waals surface area contributed by atoms with Crippen molar-refractivity contribution in [3.05, 3.63) is 41.2 Å². The molecular formula is C18H20N4O3S. The first-order valence-corrected chi connectivity index (χ1v) is 8.74. The van der Waals surface area contributed by atoms with Gasteiger partial charge in [0.1, 0.15) is 5.01 Å². The van der Waals surface area contributed by atoms with Gasteiger partial charge in [-0.05, 0) is 25.1 Å². The lowest BCUT2D eigenvalue weighted by atomic mass is 10.2. The van der Waals surface area contributed by atoms with Crippen LogP contribution in [0.2, 0.25) is 0 Å². The fourth-order valence-corrected chi connectivity index (χ4v) is 3.47. The van der Waals surface area contributed by atoms with E-state index in [1.165, 1.54) is 0 Å². The van der Waals surface area contributed by atoms with Crippen LogP contribution in [-0.2, 0) is 11.3 Å². The number of rotatable bonds is 7. The van der Waals surface area contributed by atoms with Crippen molar-refractivity contribution in [3.63, 3.8) is 0 Å². The third-order valence-electron chi connectivity index (χ3n) is 3.64.